The summed E-state index contributed by atoms with van der Waals surface area (Å²) in [4.78, 5) is 5.03. The molecular formula is C20H25N3O. The molecule has 0 spiro atoms. The molecule has 24 heavy (non-hydrogen) atoms. The number of oxime groups is 1. The lowest BCUT2D eigenvalue weighted by Crippen LogP contribution is -2.21. The molecule has 1 unspecified atom stereocenters. The molecule has 126 valence electrons. The first-order valence-electron chi connectivity index (χ1n) is 8.46. The Hall–Kier alpha value is -2.23. The largest absolute Gasteiger partial charge is 0.399 e. The molecule has 0 fully saturated rings. The molecule has 1 aromatic carbocycles. The van der Waals surface area contributed by atoms with E-state index in [1.54, 1.807) is 7.11 Å². The van der Waals surface area contributed by atoms with Gasteiger partial charge in [0.1, 0.15) is 7.11 Å². The molecule has 3 rings (SSSR count). The molecule has 0 N–H and O–H groups in total. The van der Waals surface area contributed by atoms with Gasteiger partial charge in [0.25, 0.3) is 0 Å². The maximum absolute atomic E-state index is 5.03. The van der Waals surface area contributed by atoms with E-state index in [1.807, 2.05) is 0 Å². The predicted molar refractivity (Wildman–Crippen MR) is 97.2 cm³/mol. The summed E-state index contributed by atoms with van der Waals surface area (Å²) in [6, 6.07) is 10.7. The van der Waals surface area contributed by atoms with Crippen molar-refractivity contribution >= 4 is 5.71 Å². The third-order valence-electron chi connectivity index (χ3n) is 4.51. The molecule has 4 heteroatoms. The second-order valence-electron chi connectivity index (χ2n) is 7.65. The van der Waals surface area contributed by atoms with E-state index in [0.29, 0.717) is 5.92 Å². The Morgan fingerprint density at radius 3 is 2.42 bits per heavy atom. The summed E-state index contributed by atoms with van der Waals surface area (Å²) in [5, 5.41) is 13.1. The van der Waals surface area contributed by atoms with Crippen LogP contribution >= 0.6 is 0 Å². The molecular weight excluding hydrogens is 298 g/mol. The first-order chi connectivity index (χ1) is 11.4. The van der Waals surface area contributed by atoms with E-state index in [0.717, 1.165) is 41.1 Å². The Morgan fingerprint density at radius 1 is 1.08 bits per heavy atom. The number of hydrogen-bond donors (Lipinski definition) is 0. The van der Waals surface area contributed by atoms with Crippen molar-refractivity contribution in [3.63, 3.8) is 0 Å². The van der Waals surface area contributed by atoms with Gasteiger partial charge in [-0.15, -0.1) is 0 Å². The number of fused-ring (bicyclic) bond motifs is 1. The fraction of sp³-hybridized carbons (Fsp3) is 0.450. The van der Waals surface area contributed by atoms with E-state index >= 15 is 0 Å². The highest BCUT2D eigenvalue weighted by molar-refractivity contribution is 6.02. The van der Waals surface area contributed by atoms with Gasteiger partial charge in [-0.2, -0.15) is 10.2 Å². The standard InChI is InChI=1S/C20H25N3O/c1-13-10-18-16(19(11-13)23-24-5)12-17(21-22-18)14-6-8-15(9-7-14)20(2,3)4/h6-9,12-13H,10-11H2,1-5H3. The summed E-state index contributed by atoms with van der Waals surface area (Å²) in [6.45, 7) is 8.86. The van der Waals surface area contributed by atoms with Crippen LogP contribution in [0.3, 0.4) is 0 Å². The summed E-state index contributed by atoms with van der Waals surface area (Å²) in [5.41, 5.74) is 6.47. The van der Waals surface area contributed by atoms with Crippen LogP contribution in [0.1, 0.15) is 50.9 Å². The summed E-state index contributed by atoms with van der Waals surface area (Å²) < 4.78 is 0. The predicted octanol–water partition coefficient (Wildman–Crippen LogP) is 4.37. The number of benzene rings is 1. The van der Waals surface area contributed by atoms with Gasteiger partial charge in [0, 0.05) is 11.1 Å². The number of hydrogen-bond acceptors (Lipinski definition) is 4. The van der Waals surface area contributed by atoms with E-state index in [-0.39, 0.29) is 5.41 Å². The van der Waals surface area contributed by atoms with Crippen LogP contribution in [0.25, 0.3) is 11.3 Å². The van der Waals surface area contributed by atoms with Gasteiger partial charge < -0.3 is 4.84 Å². The topological polar surface area (TPSA) is 47.4 Å². The van der Waals surface area contributed by atoms with Crippen molar-refractivity contribution in [1.29, 1.82) is 0 Å². The summed E-state index contributed by atoms with van der Waals surface area (Å²) in [5.74, 6) is 0.512. The zero-order valence-electron chi connectivity index (χ0n) is 15.1. The first kappa shape index (κ1) is 16.6. The van der Waals surface area contributed by atoms with Crippen LogP contribution < -0.4 is 0 Å². The van der Waals surface area contributed by atoms with Crippen molar-refractivity contribution in [2.45, 2.75) is 46.0 Å². The van der Waals surface area contributed by atoms with Crippen molar-refractivity contribution < 1.29 is 4.84 Å². The molecule has 4 nitrogen and oxygen atoms in total. The molecule has 1 aromatic heterocycles. The minimum Gasteiger partial charge on any atom is -0.399 e. The van der Waals surface area contributed by atoms with Gasteiger partial charge in [-0.05, 0) is 35.8 Å². The van der Waals surface area contributed by atoms with Crippen molar-refractivity contribution in [3.05, 3.63) is 47.2 Å². The number of rotatable bonds is 2. The van der Waals surface area contributed by atoms with Crippen molar-refractivity contribution in [1.82, 2.24) is 10.2 Å². The number of nitrogens with zero attached hydrogens (tertiary/aromatic N) is 3. The quantitative estimate of drug-likeness (QED) is 0.771. The molecule has 1 atom stereocenters. The fourth-order valence-corrected chi connectivity index (χ4v) is 3.14. The van der Waals surface area contributed by atoms with Gasteiger partial charge >= 0.3 is 0 Å². The summed E-state index contributed by atoms with van der Waals surface area (Å²) in [7, 11) is 1.59. The third-order valence-corrected chi connectivity index (χ3v) is 4.51. The van der Waals surface area contributed by atoms with Crippen molar-refractivity contribution in [2.24, 2.45) is 11.1 Å². The monoisotopic (exact) mass is 323 g/mol. The Morgan fingerprint density at radius 2 is 1.79 bits per heavy atom. The van der Waals surface area contributed by atoms with Crippen LogP contribution in [0.2, 0.25) is 0 Å². The maximum atomic E-state index is 5.03. The van der Waals surface area contributed by atoms with Crippen LogP contribution in [0.15, 0.2) is 35.5 Å². The van der Waals surface area contributed by atoms with Crippen LogP contribution in [0.5, 0.6) is 0 Å². The van der Waals surface area contributed by atoms with E-state index in [4.69, 9.17) is 4.84 Å². The van der Waals surface area contributed by atoms with Gasteiger partial charge in [-0.25, -0.2) is 0 Å². The Kier molecular flexibility index (Phi) is 4.39. The van der Waals surface area contributed by atoms with Gasteiger partial charge in [-0.3, -0.25) is 0 Å². The second-order valence-corrected chi connectivity index (χ2v) is 7.65. The molecule has 1 heterocycles. The van der Waals surface area contributed by atoms with Crippen LogP contribution in [0.4, 0.5) is 0 Å². The average Bonchev–Trinajstić information content (AvgIpc) is 2.54. The average molecular weight is 323 g/mol. The summed E-state index contributed by atoms with van der Waals surface area (Å²) >= 11 is 0. The minimum absolute atomic E-state index is 0.147. The number of aromatic nitrogens is 2. The Balaban J connectivity index is 1.99. The Labute approximate surface area is 144 Å². The van der Waals surface area contributed by atoms with Crippen molar-refractivity contribution in [3.8, 4) is 11.3 Å². The lowest BCUT2D eigenvalue weighted by Gasteiger charge is -2.22. The molecule has 0 radical (unpaired) electrons. The third kappa shape index (κ3) is 3.32. The molecule has 0 saturated heterocycles. The zero-order chi connectivity index (χ0) is 17.3. The molecule has 2 aromatic rings. The lowest BCUT2D eigenvalue weighted by molar-refractivity contribution is 0.212. The molecule has 0 aliphatic heterocycles. The highest BCUT2D eigenvalue weighted by Crippen LogP contribution is 2.29. The minimum atomic E-state index is 0.147. The van der Waals surface area contributed by atoms with Crippen LogP contribution in [-0.2, 0) is 16.7 Å². The molecule has 0 bridgehead atoms. The van der Waals surface area contributed by atoms with Crippen LogP contribution in [0, 0.1) is 5.92 Å². The van der Waals surface area contributed by atoms with Gasteiger partial charge in [0.05, 0.1) is 17.1 Å². The second kappa shape index (κ2) is 6.34. The van der Waals surface area contributed by atoms with E-state index < -0.39 is 0 Å². The maximum Gasteiger partial charge on any atom is 0.106 e. The normalized spacial score (nSPS) is 19.2. The van der Waals surface area contributed by atoms with Gasteiger partial charge in [0.2, 0.25) is 0 Å². The highest BCUT2D eigenvalue weighted by atomic mass is 16.6. The fourth-order valence-electron chi connectivity index (χ4n) is 3.14. The van der Waals surface area contributed by atoms with E-state index in [1.165, 1.54) is 5.56 Å². The van der Waals surface area contributed by atoms with E-state index in [2.05, 4.69) is 73.4 Å². The lowest BCUT2D eigenvalue weighted by atomic mass is 9.85. The molecule has 1 aliphatic carbocycles. The molecule has 1 aliphatic rings. The van der Waals surface area contributed by atoms with Crippen LogP contribution in [-0.4, -0.2) is 23.0 Å². The Bertz CT molecular complexity index is 757. The molecule has 0 saturated carbocycles. The SMILES string of the molecule is CON=C1CC(C)Cc2nnc(-c3ccc(C(C)(C)C)cc3)cc21. The zero-order valence-corrected chi connectivity index (χ0v) is 15.1. The van der Waals surface area contributed by atoms with Gasteiger partial charge in [0.15, 0.2) is 0 Å². The smallest absolute Gasteiger partial charge is 0.106 e. The van der Waals surface area contributed by atoms with Crippen molar-refractivity contribution in [2.75, 3.05) is 7.11 Å². The highest BCUT2D eigenvalue weighted by Gasteiger charge is 2.24. The van der Waals surface area contributed by atoms with E-state index in [9.17, 15) is 0 Å². The first-order valence-corrected chi connectivity index (χ1v) is 8.46. The van der Waals surface area contributed by atoms with Gasteiger partial charge in [-0.1, -0.05) is 57.1 Å². The molecule has 0 amide bonds. The summed E-state index contributed by atoms with van der Waals surface area (Å²) in [6.07, 6.45) is 1.85.